The molecule has 2 aromatic carbocycles. The molecule has 0 saturated carbocycles. The second kappa shape index (κ2) is 6.09. The van der Waals surface area contributed by atoms with E-state index in [9.17, 15) is 13.9 Å². The average molecular weight is 352 g/mol. The third-order valence-corrected chi connectivity index (χ3v) is 4.01. The summed E-state index contributed by atoms with van der Waals surface area (Å²) in [6.45, 7) is 1.48. The molecule has 2 aromatic rings. The summed E-state index contributed by atoms with van der Waals surface area (Å²) in [5, 5.41) is 10.6. The molecule has 1 atom stereocenters. The maximum atomic E-state index is 13.6. The number of hydrogen-bond acceptors (Lipinski definition) is 1. The monoisotopic (exact) mass is 350 g/mol. The molecule has 0 spiro atoms. The highest BCUT2D eigenvalue weighted by atomic mass is 35.5. The van der Waals surface area contributed by atoms with Gasteiger partial charge in [-0.05, 0) is 36.8 Å². The van der Waals surface area contributed by atoms with Gasteiger partial charge in [-0.1, -0.05) is 40.9 Å². The van der Waals surface area contributed by atoms with Crippen molar-refractivity contribution in [1.82, 2.24) is 0 Å². The van der Waals surface area contributed by atoms with Crippen LogP contribution in [0.2, 0.25) is 15.1 Å². The van der Waals surface area contributed by atoms with Crippen LogP contribution in [0.5, 0.6) is 0 Å². The number of aliphatic hydroxyl groups is 1. The molecular weight excluding hydrogens is 341 g/mol. The van der Waals surface area contributed by atoms with E-state index in [1.807, 2.05) is 0 Å². The Balaban J connectivity index is 2.37. The predicted octanol–water partition coefficient (Wildman–Crippen LogP) is 5.38. The maximum absolute atomic E-state index is 13.6. The topological polar surface area (TPSA) is 20.2 Å². The van der Waals surface area contributed by atoms with E-state index in [-0.39, 0.29) is 27.1 Å². The number of halogens is 5. The Labute approximate surface area is 136 Å². The third-order valence-electron chi connectivity index (χ3n) is 3.12. The van der Waals surface area contributed by atoms with Gasteiger partial charge in [0.1, 0.15) is 11.6 Å². The van der Waals surface area contributed by atoms with E-state index in [0.717, 1.165) is 6.07 Å². The molecule has 112 valence electrons. The lowest BCUT2D eigenvalue weighted by Crippen LogP contribution is -2.25. The molecule has 0 aliphatic heterocycles. The highest BCUT2D eigenvalue weighted by molar-refractivity contribution is 6.35. The Bertz CT molecular complexity index is 687. The third kappa shape index (κ3) is 3.67. The fourth-order valence-electron chi connectivity index (χ4n) is 2.08. The number of hydrogen-bond donors (Lipinski definition) is 1. The van der Waals surface area contributed by atoms with Gasteiger partial charge in [0.05, 0.1) is 15.6 Å². The zero-order valence-corrected chi connectivity index (χ0v) is 13.2. The standard InChI is InChI=1S/C15H11Cl3F2O/c1-15(21,7-8-2-3-13(19)11(17)4-8)9-5-14(20)12(18)6-10(9)16/h2-6,21H,7H2,1H3. The van der Waals surface area contributed by atoms with E-state index >= 15 is 0 Å². The second-order valence-corrected chi connectivity index (χ2v) is 6.17. The normalized spacial score (nSPS) is 14.0. The van der Waals surface area contributed by atoms with Gasteiger partial charge in [-0.3, -0.25) is 0 Å². The van der Waals surface area contributed by atoms with Crippen molar-refractivity contribution >= 4 is 34.8 Å². The minimum atomic E-state index is -1.45. The average Bonchev–Trinajstić information content (AvgIpc) is 2.37. The Morgan fingerprint density at radius 3 is 2.19 bits per heavy atom. The summed E-state index contributed by atoms with van der Waals surface area (Å²) in [7, 11) is 0. The summed E-state index contributed by atoms with van der Waals surface area (Å²) in [5.74, 6) is -1.22. The maximum Gasteiger partial charge on any atom is 0.142 e. The van der Waals surface area contributed by atoms with Crippen LogP contribution < -0.4 is 0 Å². The fraction of sp³-hybridized carbons (Fsp3) is 0.200. The first-order chi connectivity index (χ1) is 9.70. The highest BCUT2D eigenvalue weighted by Gasteiger charge is 2.27. The van der Waals surface area contributed by atoms with Crippen molar-refractivity contribution in [2.24, 2.45) is 0 Å². The van der Waals surface area contributed by atoms with E-state index in [1.54, 1.807) is 0 Å². The summed E-state index contributed by atoms with van der Waals surface area (Å²) in [5.41, 5.74) is -0.659. The smallest absolute Gasteiger partial charge is 0.142 e. The van der Waals surface area contributed by atoms with Crippen LogP contribution in [0, 0.1) is 11.6 Å². The van der Waals surface area contributed by atoms with Crippen LogP contribution in [-0.2, 0) is 12.0 Å². The van der Waals surface area contributed by atoms with Crippen LogP contribution in [-0.4, -0.2) is 5.11 Å². The van der Waals surface area contributed by atoms with Crippen molar-refractivity contribution in [2.45, 2.75) is 18.9 Å². The molecule has 1 nitrogen and oxygen atoms in total. The molecule has 1 unspecified atom stereocenters. The molecule has 0 amide bonds. The fourth-order valence-corrected chi connectivity index (χ4v) is 2.87. The molecule has 0 aromatic heterocycles. The van der Waals surface area contributed by atoms with Crippen LogP contribution in [0.1, 0.15) is 18.1 Å². The largest absolute Gasteiger partial charge is 0.385 e. The molecule has 1 N–H and O–H groups in total. The van der Waals surface area contributed by atoms with Crippen molar-refractivity contribution in [1.29, 1.82) is 0 Å². The lowest BCUT2D eigenvalue weighted by Gasteiger charge is -2.25. The quantitative estimate of drug-likeness (QED) is 0.737. The van der Waals surface area contributed by atoms with Crippen molar-refractivity contribution in [3.8, 4) is 0 Å². The van der Waals surface area contributed by atoms with Gasteiger partial charge in [0.2, 0.25) is 0 Å². The van der Waals surface area contributed by atoms with Gasteiger partial charge in [0.15, 0.2) is 0 Å². The zero-order valence-electron chi connectivity index (χ0n) is 10.9. The summed E-state index contributed by atoms with van der Waals surface area (Å²) in [4.78, 5) is 0. The zero-order chi connectivity index (χ0) is 15.8. The van der Waals surface area contributed by atoms with E-state index in [2.05, 4.69) is 0 Å². The molecule has 0 heterocycles. The molecule has 21 heavy (non-hydrogen) atoms. The summed E-state index contributed by atoms with van der Waals surface area (Å²) >= 11 is 17.4. The molecule has 0 saturated heterocycles. The SMILES string of the molecule is CC(O)(Cc1ccc(F)c(Cl)c1)c1cc(F)c(Cl)cc1Cl. The Morgan fingerprint density at radius 2 is 1.57 bits per heavy atom. The molecule has 0 fully saturated rings. The first-order valence-corrected chi connectivity index (χ1v) is 7.15. The Morgan fingerprint density at radius 1 is 0.952 bits per heavy atom. The molecule has 0 aliphatic rings. The van der Waals surface area contributed by atoms with Crippen molar-refractivity contribution in [3.05, 3.63) is 68.2 Å². The lowest BCUT2D eigenvalue weighted by molar-refractivity contribution is 0.0574. The Hall–Kier alpha value is -0.870. The van der Waals surface area contributed by atoms with Crippen molar-refractivity contribution in [2.75, 3.05) is 0 Å². The summed E-state index contributed by atoms with van der Waals surface area (Å²) < 4.78 is 26.7. The molecule has 0 radical (unpaired) electrons. The highest BCUT2D eigenvalue weighted by Crippen LogP contribution is 2.34. The van der Waals surface area contributed by atoms with Crippen LogP contribution in [0.3, 0.4) is 0 Å². The number of rotatable bonds is 3. The molecule has 0 bridgehead atoms. The molecule has 2 rings (SSSR count). The van der Waals surface area contributed by atoms with Gasteiger partial charge >= 0.3 is 0 Å². The van der Waals surface area contributed by atoms with Gasteiger partial charge in [-0.15, -0.1) is 0 Å². The van der Waals surface area contributed by atoms with Crippen molar-refractivity contribution in [3.63, 3.8) is 0 Å². The van der Waals surface area contributed by atoms with Crippen LogP contribution in [0.25, 0.3) is 0 Å². The molecule has 6 heteroatoms. The van der Waals surface area contributed by atoms with Crippen LogP contribution >= 0.6 is 34.8 Å². The molecular formula is C15H11Cl3F2O. The summed E-state index contributed by atoms with van der Waals surface area (Å²) in [6, 6.07) is 6.44. The first-order valence-electron chi connectivity index (χ1n) is 6.02. The lowest BCUT2D eigenvalue weighted by atomic mass is 9.89. The van der Waals surface area contributed by atoms with E-state index in [4.69, 9.17) is 34.8 Å². The van der Waals surface area contributed by atoms with Gasteiger partial charge in [0, 0.05) is 17.0 Å². The van der Waals surface area contributed by atoms with Gasteiger partial charge in [-0.2, -0.15) is 0 Å². The van der Waals surface area contributed by atoms with Gasteiger partial charge in [-0.25, -0.2) is 8.78 Å². The predicted molar refractivity (Wildman–Crippen MR) is 81.1 cm³/mol. The van der Waals surface area contributed by atoms with E-state index < -0.39 is 17.2 Å². The van der Waals surface area contributed by atoms with Gasteiger partial charge < -0.3 is 5.11 Å². The first kappa shape index (κ1) is 16.5. The summed E-state index contributed by atoms with van der Waals surface area (Å²) in [6.07, 6.45) is 0.0911. The minimum absolute atomic E-state index is 0.0447. The van der Waals surface area contributed by atoms with E-state index in [1.165, 1.54) is 31.2 Å². The van der Waals surface area contributed by atoms with Crippen LogP contribution in [0.15, 0.2) is 30.3 Å². The minimum Gasteiger partial charge on any atom is -0.385 e. The van der Waals surface area contributed by atoms with Crippen molar-refractivity contribution < 1.29 is 13.9 Å². The molecule has 0 aliphatic carbocycles. The second-order valence-electron chi connectivity index (χ2n) is 4.95. The number of benzene rings is 2. The Kier molecular flexibility index (Phi) is 4.79. The van der Waals surface area contributed by atoms with Crippen LogP contribution in [0.4, 0.5) is 8.78 Å². The van der Waals surface area contributed by atoms with Gasteiger partial charge in [0.25, 0.3) is 0 Å². The van der Waals surface area contributed by atoms with E-state index in [0.29, 0.717) is 5.56 Å².